The Bertz CT molecular complexity index is 563. The molecule has 0 aliphatic carbocycles. The Morgan fingerprint density at radius 3 is 2.40 bits per heavy atom. The molecule has 140 valence electrons. The molecule has 2 aliphatic heterocycles. The van der Waals surface area contributed by atoms with Gasteiger partial charge in [0.15, 0.2) is 5.96 Å². The number of nitrogens with two attached hydrogens (primary N) is 1. The Balaban J connectivity index is 0.00000225. The lowest BCUT2D eigenvalue weighted by Gasteiger charge is -2.34. The van der Waals surface area contributed by atoms with E-state index in [1.54, 1.807) is 12.1 Å². The van der Waals surface area contributed by atoms with Crippen LogP contribution in [0.25, 0.3) is 0 Å². The zero-order valence-electron chi connectivity index (χ0n) is 14.3. The number of hydrogen-bond donors (Lipinski definition) is 1. The lowest BCUT2D eigenvalue weighted by Crippen LogP contribution is -2.45. The van der Waals surface area contributed by atoms with Gasteiger partial charge in [-0.2, -0.15) is 0 Å². The third kappa shape index (κ3) is 5.77. The summed E-state index contributed by atoms with van der Waals surface area (Å²) < 4.78 is 24.4. The van der Waals surface area contributed by atoms with E-state index in [1.807, 2.05) is 11.0 Å². The van der Waals surface area contributed by atoms with Gasteiger partial charge in [0, 0.05) is 26.2 Å². The summed E-state index contributed by atoms with van der Waals surface area (Å²) in [6.45, 7) is 6.38. The molecule has 0 aromatic heterocycles. The normalized spacial score (nSPS) is 20.8. The van der Waals surface area contributed by atoms with Gasteiger partial charge in [-0.3, -0.25) is 9.89 Å². The number of morpholine rings is 2. The Kier molecular flexibility index (Phi) is 8.34. The summed E-state index contributed by atoms with van der Waals surface area (Å²) in [5.74, 6) is 0.309. The van der Waals surface area contributed by atoms with Crippen LogP contribution in [-0.4, -0.2) is 74.9 Å². The number of nitrogens with zero attached hydrogens (tertiary/aromatic N) is 3. The fourth-order valence-electron chi connectivity index (χ4n) is 3.11. The lowest BCUT2D eigenvalue weighted by atomic mass is 10.0. The highest BCUT2D eigenvalue weighted by molar-refractivity contribution is 14.0. The molecule has 1 aromatic rings. The smallest absolute Gasteiger partial charge is 0.191 e. The molecule has 0 saturated carbocycles. The zero-order valence-corrected chi connectivity index (χ0v) is 16.6. The molecule has 25 heavy (non-hydrogen) atoms. The largest absolute Gasteiger partial charge is 0.379 e. The van der Waals surface area contributed by atoms with E-state index in [4.69, 9.17) is 15.2 Å². The van der Waals surface area contributed by atoms with E-state index in [0.29, 0.717) is 38.9 Å². The van der Waals surface area contributed by atoms with Crippen molar-refractivity contribution >= 4 is 29.9 Å². The first-order valence-corrected chi connectivity index (χ1v) is 8.44. The topological polar surface area (TPSA) is 63.3 Å². The van der Waals surface area contributed by atoms with Gasteiger partial charge in [-0.05, 0) is 17.7 Å². The molecule has 0 spiro atoms. The van der Waals surface area contributed by atoms with Gasteiger partial charge in [0.25, 0.3) is 0 Å². The fraction of sp³-hybridized carbons (Fsp3) is 0.588. The van der Waals surface area contributed by atoms with Crippen molar-refractivity contribution in [2.75, 3.05) is 59.2 Å². The Hall–Kier alpha value is -0.970. The number of hydrogen-bond acceptors (Lipinski definition) is 4. The molecule has 2 saturated heterocycles. The van der Waals surface area contributed by atoms with Crippen LogP contribution in [0.4, 0.5) is 4.39 Å². The van der Waals surface area contributed by atoms with E-state index >= 15 is 0 Å². The molecule has 0 amide bonds. The summed E-state index contributed by atoms with van der Waals surface area (Å²) in [6, 6.07) is 6.74. The molecule has 3 rings (SSSR count). The molecule has 1 unspecified atom stereocenters. The molecule has 8 heteroatoms. The average Bonchev–Trinajstić information content (AvgIpc) is 2.63. The van der Waals surface area contributed by atoms with Gasteiger partial charge in [-0.15, -0.1) is 24.0 Å². The average molecular weight is 464 g/mol. The second-order valence-electron chi connectivity index (χ2n) is 6.02. The molecule has 2 N–H and O–H groups in total. The van der Waals surface area contributed by atoms with Crippen molar-refractivity contribution in [3.63, 3.8) is 0 Å². The van der Waals surface area contributed by atoms with Crippen LogP contribution in [0.2, 0.25) is 0 Å². The lowest BCUT2D eigenvalue weighted by molar-refractivity contribution is 0.0178. The van der Waals surface area contributed by atoms with Crippen molar-refractivity contribution < 1.29 is 13.9 Å². The van der Waals surface area contributed by atoms with Crippen LogP contribution in [0.15, 0.2) is 29.3 Å². The summed E-state index contributed by atoms with van der Waals surface area (Å²) in [4.78, 5) is 8.91. The Morgan fingerprint density at radius 1 is 1.12 bits per heavy atom. The van der Waals surface area contributed by atoms with Crippen LogP contribution in [0, 0.1) is 5.82 Å². The van der Waals surface area contributed by atoms with Gasteiger partial charge in [0.05, 0.1) is 39.0 Å². The van der Waals surface area contributed by atoms with E-state index in [-0.39, 0.29) is 35.8 Å². The first-order valence-electron chi connectivity index (χ1n) is 8.44. The summed E-state index contributed by atoms with van der Waals surface area (Å²) in [6.07, 6.45) is 0. The maximum absolute atomic E-state index is 13.7. The zero-order chi connectivity index (χ0) is 16.8. The number of halogens is 2. The second kappa shape index (κ2) is 10.2. The number of guanidine groups is 1. The Labute approximate surface area is 165 Å². The van der Waals surface area contributed by atoms with Crippen molar-refractivity contribution in [2.45, 2.75) is 6.04 Å². The maximum Gasteiger partial charge on any atom is 0.191 e. The van der Waals surface area contributed by atoms with Crippen molar-refractivity contribution in [1.82, 2.24) is 9.80 Å². The van der Waals surface area contributed by atoms with Gasteiger partial charge in [0.2, 0.25) is 0 Å². The van der Waals surface area contributed by atoms with E-state index in [2.05, 4.69) is 9.89 Å². The van der Waals surface area contributed by atoms with Crippen LogP contribution < -0.4 is 5.73 Å². The number of rotatable bonds is 4. The fourth-order valence-corrected chi connectivity index (χ4v) is 3.11. The van der Waals surface area contributed by atoms with E-state index in [0.717, 1.165) is 31.7 Å². The summed E-state index contributed by atoms with van der Waals surface area (Å²) >= 11 is 0. The quantitative estimate of drug-likeness (QED) is 0.416. The first kappa shape index (κ1) is 20.3. The molecule has 2 heterocycles. The minimum atomic E-state index is -0.226. The van der Waals surface area contributed by atoms with Crippen molar-refractivity contribution in [1.29, 1.82) is 0 Å². The molecule has 1 atom stereocenters. The highest BCUT2D eigenvalue weighted by Gasteiger charge is 2.23. The van der Waals surface area contributed by atoms with E-state index in [9.17, 15) is 4.39 Å². The first-order chi connectivity index (χ1) is 11.7. The molecule has 0 radical (unpaired) electrons. The number of aliphatic imine (C=N–C) groups is 1. The van der Waals surface area contributed by atoms with Gasteiger partial charge in [-0.1, -0.05) is 12.1 Å². The minimum Gasteiger partial charge on any atom is -0.379 e. The van der Waals surface area contributed by atoms with E-state index < -0.39 is 0 Å². The third-order valence-electron chi connectivity index (χ3n) is 4.48. The minimum absolute atomic E-state index is 0. The predicted octanol–water partition coefficient (Wildman–Crippen LogP) is 1.46. The van der Waals surface area contributed by atoms with Crippen molar-refractivity contribution in [2.24, 2.45) is 10.7 Å². The van der Waals surface area contributed by atoms with Crippen LogP contribution >= 0.6 is 24.0 Å². The molecular formula is C17H26FIN4O2. The van der Waals surface area contributed by atoms with E-state index in [1.165, 1.54) is 6.07 Å². The van der Waals surface area contributed by atoms with Crippen LogP contribution in [-0.2, 0) is 9.47 Å². The SMILES string of the molecule is I.NC(=NCC(c1cccc(F)c1)N1CCOCC1)N1CCOCC1. The van der Waals surface area contributed by atoms with Gasteiger partial charge in [0.1, 0.15) is 5.82 Å². The predicted molar refractivity (Wildman–Crippen MR) is 106 cm³/mol. The molecule has 6 nitrogen and oxygen atoms in total. The standard InChI is InChI=1S/C17H25FN4O2.HI/c18-15-3-1-2-14(12-15)16(21-4-8-23-9-5-21)13-20-17(19)22-6-10-24-11-7-22;/h1-3,12,16H,4-11,13H2,(H2,19,20);1H. The molecule has 1 aromatic carbocycles. The van der Waals surface area contributed by atoms with Gasteiger partial charge >= 0.3 is 0 Å². The molecule has 2 aliphatic rings. The van der Waals surface area contributed by atoms with Crippen molar-refractivity contribution in [3.05, 3.63) is 35.6 Å². The number of benzene rings is 1. The molecule has 2 fully saturated rings. The summed E-state index contributed by atoms with van der Waals surface area (Å²) in [5.41, 5.74) is 7.06. The highest BCUT2D eigenvalue weighted by atomic mass is 127. The summed E-state index contributed by atoms with van der Waals surface area (Å²) in [5, 5.41) is 0. The van der Waals surface area contributed by atoms with Crippen LogP contribution in [0.3, 0.4) is 0 Å². The molecule has 0 bridgehead atoms. The number of ether oxygens (including phenoxy) is 2. The van der Waals surface area contributed by atoms with Crippen LogP contribution in [0.1, 0.15) is 11.6 Å². The maximum atomic E-state index is 13.7. The second-order valence-corrected chi connectivity index (χ2v) is 6.02. The Morgan fingerprint density at radius 2 is 1.76 bits per heavy atom. The summed E-state index contributed by atoms with van der Waals surface area (Å²) in [7, 11) is 0. The highest BCUT2D eigenvalue weighted by Crippen LogP contribution is 2.23. The third-order valence-corrected chi connectivity index (χ3v) is 4.48. The van der Waals surface area contributed by atoms with Crippen molar-refractivity contribution in [3.8, 4) is 0 Å². The van der Waals surface area contributed by atoms with Gasteiger partial charge < -0.3 is 20.1 Å². The van der Waals surface area contributed by atoms with Crippen LogP contribution in [0.5, 0.6) is 0 Å². The molecular weight excluding hydrogens is 438 g/mol. The van der Waals surface area contributed by atoms with Gasteiger partial charge in [-0.25, -0.2) is 4.39 Å². The monoisotopic (exact) mass is 464 g/mol.